The van der Waals surface area contributed by atoms with E-state index in [1.54, 1.807) is 6.07 Å². The molecular formula is C5H8N4S. The van der Waals surface area contributed by atoms with Crippen molar-refractivity contribution in [2.75, 3.05) is 5.73 Å². The summed E-state index contributed by atoms with van der Waals surface area (Å²) < 4.78 is 1.32. The molecule has 4 nitrogen and oxygen atoms in total. The van der Waals surface area contributed by atoms with Crippen LogP contribution in [0.5, 0.6) is 0 Å². The highest BCUT2D eigenvalue weighted by molar-refractivity contribution is 7.80. The van der Waals surface area contributed by atoms with Gasteiger partial charge in [-0.15, -0.1) is 0 Å². The van der Waals surface area contributed by atoms with Gasteiger partial charge in [0.1, 0.15) is 5.82 Å². The smallest absolute Gasteiger partial charge is 0.193 e. The van der Waals surface area contributed by atoms with Gasteiger partial charge in [-0.25, -0.2) is 0 Å². The van der Waals surface area contributed by atoms with Gasteiger partial charge in [0.05, 0.1) is 5.69 Å². The van der Waals surface area contributed by atoms with E-state index in [1.165, 1.54) is 4.68 Å². The highest BCUT2D eigenvalue weighted by Crippen LogP contribution is 2.02. The fourth-order valence-corrected chi connectivity index (χ4v) is 0.842. The van der Waals surface area contributed by atoms with Crippen LogP contribution < -0.4 is 11.5 Å². The van der Waals surface area contributed by atoms with Crippen LogP contribution >= 0.6 is 12.2 Å². The molecule has 0 saturated carbocycles. The molecule has 0 bridgehead atoms. The first-order valence-corrected chi connectivity index (χ1v) is 3.14. The van der Waals surface area contributed by atoms with Gasteiger partial charge in [-0.1, -0.05) is 0 Å². The highest BCUT2D eigenvalue weighted by atomic mass is 32.1. The first kappa shape index (κ1) is 7.01. The van der Waals surface area contributed by atoms with E-state index >= 15 is 0 Å². The van der Waals surface area contributed by atoms with Gasteiger partial charge < -0.3 is 11.5 Å². The lowest BCUT2D eigenvalue weighted by atomic mass is 10.5. The molecule has 0 aliphatic heterocycles. The number of nitrogen functional groups attached to an aromatic ring is 1. The Labute approximate surface area is 63.8 Å². The second-order valence-electron chi connectivity index (χ2n) is 1.96. The molecular weight excluding hydrogens is 148 g/mol. The fraction of sp³-hybridized carbons (Fsp3) is 0.200. The third kappa shape index (κ3) is 1.08. The zero-order valence-electron chi connectivity index (χ0n) is 5.53. The summed E-state index contributed by atoms with van der Waals surface area (Å²) >= 11 is 4.66. The molecule has 1 heterocycles. The number of aryl methyl sites for hydroxylation is 1. The second-order valence-corrected chi connectivity index (χ2v) is 2.38. The van der Waals surface area contributed by atoms with Crippen LogP contribution in [0.1, 0.15) is 5.69 Å². The van der Waals surface area contributed by atoms with Gasteiger partial charge in [-0.05, 0) is 19.1 Å². The molecule has 1 aromatic rings. The standard InChI is InChI=1S/C5H8N4S/c1-3-2-4(6)9(8-3)5(7)10/h2H,6H2,1H3,(H2,7,10). The molecule has 0 spiro atoms. The predicted molar refractivity (Wildman–Crippen MR) is 43.6 cm³/mol. The van der Waals surface area contributed by atoms with Crippen molar-refractivity contribution in [3.05, 3.63) is 11.8 Å². The van der Waals surface area contributed by atoms with E-state index in [2.05, 4.69) is 17.3 Å². The summed E-state index contributed by atoms with van der Waals surface area (Å²) in [5.41, 5.74) is 11.6. The number of hydrogen-bond acceptors (Lipinski definition) is 3. The average molecular weight is 156 g/mol. The maximum atomic E-state index is 5.48. The lowest BCUT2D eigenvalue weighted by Gasteiger charge is -1.96. The van der Waals surface area contributed by atoms with E-state index in [1.807, 2.05) is 6.92 Å². The average Bonchev–Trinajstić information content (AvgIpc) is 2.10. The van der Waals surface area contributed by atoms with E-state index < -0.39 is 0 Å². The molecule has 0 atom stereocenters. The lowest BCUT2D eigenvalue weighted by molar-refractivity contribution is 0.925. The van der Waals surface area contributed by atoms with Crippen molar-refractivity contribution in [3.63, 3.8) is 0 Å². The van der Waals surface area contributed by atoms with Crippen molar-refractivity contribution in [1.29, 1.82) is 0 Å². The van der Waals surface area contributed by atoms with E-state index in [0.29, 0.717) is 5.82 Å². The number of thiocarbonyl (C=S) groups is 1. The monoisotopic (exact) mass is 156 g/mol. The Balaban J connectivity index is 3.15. The van der Waals surface area contributed by atoms with E-state index in [4.69, 9.17) is 11.5 Å². The van der Waals surface area contributed by atoms with Gasteiger partial charge in [0.25, 0.3) is 0 Å². The van der Waals surface area contributed by atoms with Crippen LogP contribution in [0.25, 0.3) is 0 Å². The molecule has 5 heteroatoms. The van der Waals surface area contributed by atoms with Crippen LogP contribution in [0.2, 0.25) is 0 Å². The summed E-state index contributed by atoms with van der Waals surface area (Å²) in [4.78, 5) is 0. The van der Waals surface area contributed by atoms with Crippen molar-refractivity contribution in [2.24, 2.45) is 5.73 Å². The minimum atomic E-state index is 0.172. The summed E-state index contributed by atoms with van der Waals surface area (Å²) in [7, 11) is 0. The van der Waals surface area contributed by atoms with Crippen LogP contribution in [0.3, 0.4) is 0 Å². The molecule has 0 aliphatic rings. The molecule has 54 valence electrons. The van der Waals surface area contributed by atoms with Crippen LogP contribution in [0, 0.1) is 6.92 Å². The number of anilines is 1. The predicted octanol–water partition coefficient (Wildman–Crippen LogP) is -0.135. The zero-order valence-corrected chi connectivity index (χ0v) is 6.35. The molecule has 0 aromatic carbocycles. The summed E-state index contributed by atoms with van der Waals surface area (Å²) in [5, 5.41) is 4.11. The van der Waals surface area contributed by atoms with Crippen molar-refractivity contribution in [2.45, 2.75) is 6.92 Å². The summed E-state index contributed by atoms with van der Waals surface area (Å²) in [6.45, 7) is 1.82. The molecule has 1 rings (SSSR count). The SMILES string of the molecule is Cc1cc(N)n(C(N)=S)n1. The van der Waals surface area contributed by atoms with Crippen molar-refractivity contribution < 1.29 is 0 Å². The van der Waals surface area contributed by atoms with Gasteiger partial charge in [0.15, 0.2) is 5.11 Å². The molecule has 0 unspecified atom stereocenters. The zero-order chi connectivity index (χ0) is 7.72. The van der Waals surface area contributed by atoms with Gasteiger partial charge >= 0.3 is 0 Å². The highest BCUT2D eigenvalue weighted by Gasteiger charge is 2.01. The van der Waals surface area contributed by atoms with Crippen molar-refractivity contribution in [1.82, 2.24) is 9.78 Å². The second kappa shape index (κ2) is 2.26. The van der Waals surface area contributed by atoms with E-state index in [0.717, 1.165) is 5.69 Å². The van der Waals surface area contributed by atoms with Gasteiger partial charge in [0, 0.05) is 6.07 Å². The molecule has 0 aliphatic carbocycles. The molecule has 4 N–H and O–H groups in total. The van der Waals surface area contributed by atoms with Crippen LogP contribution in [-0.4, -0.2) is 14.9 Å². The van der Waals surface area contributed by atoms with Crippen LogP contribution in [0.4, 0.5) is 5.82 Å². The van der Waals surface area contributed by atoms with E-state index in [-0.39, 0.29) is 5.11 Å². The Kier molecular flexibility index (Phi) is 1.58. The van der Waals surface area contributed by atoms with Gasteiger partial charge in [0.2, 0.25) is 0 Å². The number of nitrogens with two attached hydrogens (primary N) is 2. The summed E-state index contributed by atoms with van der Waals surface area (Å²) in [5.74, 6) is 0.477. The number of aromatic nitrogens is 2. The minimum Gasteiger partial charge on any atom is -0.383 e. The Morgan fingerprint density at radius 3 is 2.60 bits per heavy atom. The Hall–Kier alpha value is -1.10. The normalized spacial score (nSPS) is 9.70. The first-order chi connectivity index (χ1) is 4.61. The molecule has 10 heavy (non-hydrogen) atoms. The quantitative estimate of drug-likeness (QED) is 0.513. The number of hydrogen-bond donors (Lipinski definition) is 2. The van der Waals surface area contributed by atoms with E-state index in [9.17, 15) is 0 Å². The topological polar surface area (TPSA) is 69.9 Å². The molecule has 0 amide bonds. The lowest BCUT2D eigenvalue weighted by Crippen LogP contribution is -2.22. The van der Waals surface area contributed by atoms with Crippen molar-refractivity contribution >= 4 is 23.1 Å². The molecule has 0 saturated heterocycles. The maximum absolute atomic E-state index is 5.48. The fourth-order valence-electron chi connectivity index (χ4n) is 0.696. The third-order valence-corrected chi connectivity index (χ3v) is 1.24. The van der Waals surface area contributed by atoms with Gasteiger partial charge in [-0.2, -0.15) is 9.78 Å². The van der Waals surface area contributed by atoms with Crippen molar-refractivity contribution in [3.8, 4) is 0 Å². The minimum absolute atomic E-state index is 0.172. The third-order valence-electron chi connectivity index (χ3n) is 1.07. The maximum Gasteiger partial charge on any atom is 0.193 e. The molecule has 0 radical (unpaired) electrons. The first-order valence-electron chi connectivity index (χ1n) is 2.73. The Bertz CT molecular complexity index is 265. The Morgan fingerprint density at radius 1 is 1.80 bits per heavy atom. The van der Waals surface area contributed by atoms with Crippen LogP contribution in [0.15, 0.2) is 6.07 Å². The summed E-state index contributed by atoms with van der Waals surface area (Å²) in [6.07, 6.45) is 0. The number of nitrogens with zero attached hydrogens (tertiary/aromatic N) is 2. The molecule has 1 aromatic heterocycles. The largest absolute Gasteiger partial charge is 0.383 e. The van der Waals surface area contributed by atoms with Crippen LogP contribution in [-0.2, 0) is 0 Å². The van der Waals surface area contributed by atoms with Gasteiger partial charge in [-0.3, -0.25) is 0 Å². The summed E-state index contributed by atoms with van der Waals surface area (Å²) in [6, 6.07) is 1.71. The molecule has 0 fully saturated rings. The number of rotatable bonds is 0. The Morgan fingerprint density at radius 2 is 2.40 bits per heavy atom.